The Balaban J connectivity index is 1.38. The molecular weight excluding hydrogens is 340 g/mol. The molecule has 4 aromatic rings. The van der Waals surface area contributed by atoms with Gasteiger partial charge < -0.3 is 0 Å². The molecule has 0 radical (unpaired) electrons. The molecule has 0 aliphatic rings. The molecule has 4 aromatic carbocycles. The molecular formula is C27H22O. The van der Waals surface area contributed by atoms with Crippen LogP contribution in [0.5, 0.6) is 0 Å². The minimum atomic E-state index is 0.236. The van der Waals surface area contributed by atoms with E-state index in [4.69, 9.17) is 0 Å². The first-order valence-electron chi connectivity index (χ1n) is 9.58. The molecule has 0 aliphatic heterocycles. The summed E-state index contributed by atoms with van der Waals surface area (Å²) in [6, 6.07) is 37.1. The molecule has 28 heavy (non-hydrogen) atoms. The van der Waals surface area contributed by atoms with Gasteiger partial charge in [0.05, 0.1) is 0 Å². The smallest absolute Gasteiger partial charge is 0.141 e. The molecule has 0 aromatic heterocycles. The van der Waals surface area contributed by atoms with Crippen LogP contribution in [0.3, 0.4) is 0 Å². The number of rotatable bonds is 6. The summed E-state index contributed by atoms with van der Waals surface area (Å²) in [7, 11) is 0. The van der Waals surface area contributed by atoms with Crippen LogP contribution in [0.25, 0.3) is 22.3 Å². The molecule has 0 amide bonds. The zero-order valence-corrected chi connectivity index (χ0v) is 15.7. The highest BCUT2D eigenvalue weighted by molar-refractivity contribution is 5.83. The van der Waals surface area contributed by atoms with E-state index in [1.807, 2.05) is 36.4 Å². The molecule has 0 spiro atoms. The van der Waals surface area contributed by atoms with E-state index in [0.717, 1.165) is 11.1 Å². The third kappa shape index (κ3) is 4.44. The van der Waals surface area contributed by atoms with Crippen molar-refractivity contribution in [1.82, 2.24) is 0 Å². The maximum atomic E-state index is 12.5. The Morgan fingerprint density at radius 3 is 1.11 bits per heavy atom. The maximum Gasteiger partial charge on any atom is 0.141 e. The van der Waals surface area contributed by atoms with Gasteiger partial charge in [0.15, 0.2) is 0 Å². The Morgan fingerprint density at radius 2 is 0.750 bits per heavy atom. The topological polar surface area (TPSA) is 17.1 Å². The summed E-state index contributed by atoms with van der Waals surface area (Å²) in [5.74, 6) is 0.236. The second-order valence-corrected chi connectivity index (χ2v) is 7.02. The lowest BCUT2D eigenvalue weighted by atomic mass is 9.98. The largest absolute Gasteiger partial charge is 0.299 e. The third-order valence-corrected chi connectivity index (χ3v) is 4.92. The summed E-state index contributed by atoms with van der Waals surface area (Å²) in [6.07, 6.45) is 0.936. The summed E-state index contributed by atoms with van der Waals surface area (Å²) in [4.78, 5) is 12.5. The first-order chi connectivity index (χ1) is 13.8. The summed E-state index contributed by atoms with van der Waals surface area (Å²) in [6.45, 7) is 0. The van der Waals surface area contributed by atoms with E-state index in [0.29, 0.717) is 12.8 Å². The molecule has 0 atom stereocenters. The predicted octanol–water partition coefficient (Wildman–Crippen LogP) is 6.37. The van der Waals surface area contributed by atoms with Crippen LogP contribution in [0, 0.1) is 0 Å². The van der Waals surface area contributed by atoms with Crippen molar-refractivity contribution in [2.75, 3.05) is 0 Å². The van der Waals surface area contributed by atoms with Crippen LogP contribution in [0.1, 0.15) is 11.1 Å². The number of ketones is 1. The van der Waals surface area contributed by atoms with Crippen LogP contribution in [0.15, 0.2) is 109 Å². The minimum Gasteiger partial charge on any atom is -0.299 e. The normalized spacial score (nSPS) is 10.6. The lowest BCUT2D eigenvalue weighted by Gasteiger charge is -2.06. The molecule has 136 valence electrons. The monoisotopic (exact) mass is 362 g/mol. The lowest BCUT2D eigenvalue weighted by molar-refractivity contribution is -0.117. The van der Waals surface area contributed by atoms with Gasteiger partial charge in [-0.2, -0.15) is 0 Å². The molecule has 0 N–H and O–H groups in total. The number of Topliss-reactive ketones (excluding diaryl/α,β-unsaturated/α-hetero) is 1. The highest BCUT2D eigenvalue weighted by Crippen LogP contribution is 2.21. The molecule has 0 fully saturated rings. The standard InChI is InChI=1S/C27H22O/c28-27(19-21-11-15-25(16-12-21)23-7-3-1-4-8-23)20-22-13-17-26(18-14-22)24-9-5-2-6-10-24/h1-18H,19-20H2. The van der Waals surface area contributed by atoms with Crippen LogP contribution < -0.4 is 0 Å². The third-order valence-electron chi connectivity index (χ3n) is 4.92. The van der Waals surface area contributed by atoms with Crippen molar-refractivity contribution in [3.05, 3.63) is 120 Å². The van der Waals surface area contributed by atoms with Gasteiger partial charge in [-0.1, -0.05) is 109 Å². The Bertz CT molecular complexity index is 944. The van der Waals surface area contributed by atoms with Gasteiger partial charge in [0.25, 0.3) is 0 Å². The summed E-state index contributed by atoms with van der Waals surface area (Å²) in [5, 5.41) is 0. The zero-order chi connectivity index (χ0) is 19.2. The van der Waals surface area contributed by atoms with Crippen LogP contribution >= 0.6 is 0 Å². The predicted molar refractivity (Wildman–Crippen MR) is 116 cm³/mol. The van der Waals surface area contributed by atoms with Crippen molar-refractivity contribution in [2.45, 2.75) is 12.8 Å². The molecule has 4 rings (SSSR count). The van der Waals surface area contributed by atoms with Gasteiger partial charge in [0.1, 0.15) is 5.78 Å². The van der Waals surface area contributed by atoms with Crippen molar-refractivity contribution >= 4 is 5.78 Å². The Kier molecular flexibility index (Phi) is 5.44. The summed E-state index contributed by atoms with van der Waals surface area (Å²) < 4.78 is 0. The van der Waals surface area contributed by atoms with Gasteiger partial charge in [0.2, 0.25) is 0 Å². The quantitative estimate of drug-likeness (QED) is 0.389. The fourth-order valence-electron chi connectivity index (χ4n) is 3.41. The molecule has 0 unspecified atom stereocenters. The number of hydrogen-bond donors (Lipinski definition) is 0. The molecule has 1 nitrogen and oxygen atoms in total. The Labute approximate surface area is 166 Å². The van der Waals surface area contributed by atoms with Crippen LogP contribution in [0.4, 0.5) is 0 Å². The van der Waals surface area contributed by atoms with Crippen molar-refractivity contribution in [1.29, 1.82) is 0 Å². The van der Waals surface area contributed by atoms with Gasteiger partial charge in [-0.25, -0.2) is 0 Å². The van der Waals surface area contributed by atoms with E-state index in [1.165, 1.54) is 22.3 Å². The zero-order valence-electron chi connectivity index (χ0n) is 15.7. The fraction of sp³-hybridized carbons (Fsp3) is 0.0741. The van der Waals surface area contributed by atoms with Crippen LogP contribution in [0.2, 0.25) is 0 Å². The molecule has 0 aliphatic carbocycles. The number of carbonyl (C=O) groups excluding carboxylic acids is 1. The number of carbonyl (C=O) groups is 1. The highest BCUT2D eigenvalue weighted by Gasteiger charge is 2.07. The van der Waals surface area contributed by atoms with E-state index in [1.54, 1.807) is 0 Å². The van der Waals surface area contributed by atoms with Crippen molar-refractivity contribution in [2.24, 2.45) is 0 Å². The van der Waals surface area contributed by atoms with E-state index < -0.39 is 0 Å². The Morgan fingerprint density at radius 1 is 0.429 bits per heavy atom. The van der Waals surface area contributed by atoms with Crippen molar-refractivity contribution in [3.63, 3.8) is 0 Å². The van der Waals surface area contributed by atoms with Crippen LogP contribution in [-0.4, -0.2) is 5.78 Å². The number of benzene rings is 4. The van der Waals surface area contributed by atoms with Gasteiger partial charge >= 0.3 is 0 Å². The fourth-order valence-corrected chi connectivity index (χ4v) is 3.41. The lowest BCUT2D eigenvalue weighted by Crippen LogP contribution is -2.06. The average Bonchev–Trinajstić information content (AvgIpc) is 2.76. The first-order valence-corrected chi connectivity index (χ1v) is 9.58. The Hall–Kier alpha value is -3.45. The van der Waals surface area contributed by atoms with Crippen molar-refractivity contribution in [3.8, 4) is 22.3 Å². The molecule has 0 saturated heterocycles. The van der Waals surface area contributed by atoms with E-state index in [9.17, 15) is 4.79 Å². The highest BCUT2D eigenvalue weighted by atomic mass is 16.1. The van der Waals surface area contributed by atoms with E-state index >= 15 is 0 Å². The second kappa shape index (κ2) is 8.49. The number of hydrogen-bond acceptors (Lipinski definition) is 1. The molecule has 0 heterocycles. The van der Waals surface area contributed by atoms with Crippen molar-refractivity contribution < 1.29 is 4.79 Å². The average molecular weight is 362 g/mol. The van der Waals surface area contributed by atoms with Crippen LogP contribution in [-0.2, 0) is 17.6 Å². The molecule has 0 bridgehead atoms. The van der Waals surface area contributed by atoms with Gasteiger partial charge in [-0.05, 0) is 33.4 Å². The van der Waals surface area contributed by atoms with Gasteiger partial charge in [0, 0.05) is 12.8 Å². The summed E-state index contributed by atoms with van der Waals surface area (Å²) in [5.41, 5.74) is 6.86. The van der Waals surface area contributed by atoms with Gasteiger partial charge in [-0.15, -0.1) is 0 Å². The minimum absolute atomic E-state index is 0.236. The first kappa shape index (κ1) is 17.9. The molecule has 1 heteroatoms. The van der Waals surface area contributed by atoms with E-state index in [2.05, 4.69) is 72.8 Å². The second-order valence-electron chi connectivity index (χ2n) is 7.02. The SMILES string of the molecule is O=C(Cc1ccc(-c2ccccc2)cc1)Cc1ccc(-c2ccccc2)cc1. The summed E-state index contributed by atoms with van der Waals surface area (Å²) >= 11 is 0. The van der Waals surface area contributed by atoms with Gasteiger partial charge in [-0.3, -0.25) is 4.79 Å². The maximum absolute atomic E-state index is 12.5. The molecule has 0 saturated carbocycles. The van der Waals surface area contributed by atoms with E-state index in [-0.39, 0.29) is 5.78 Å².